The lowest BCUT2D eigenvalue weighted by Gasteiger charge is -2.27. The highest BCUT2D eigenvalue weighted by atomic mass is 31.1. The standard InChI is InChI=1S/C25H28NO2P/c27-22-14-13-20(25(28)19-9-3-1-4-10-19)17-24(22)29-23-12-6-5-11-21(23)18-26-15-7-2-8-16-26/h1,3-6,9-14,17,25,27-29H,2,7-8,15-16,18H2. The van der Waals surface area contributed by atoms with E-state index in [1.54, 1.807) is 12.1 Å². The molecule has 0 spiro atoms. The van der Waals surface area contributed by atoms with Gasteiger partial charge in [-0.05, 0) is 60.1 Å². The molecule has 3 nitrogen and oxygen atoms in total. The van der Waals surface area contributed by atoms with E-state index in [0.29, 0.717) is 14.3 Å². The van der Waals surface area contributed by atoms with Crippen LogP contribution in [0.3, 0.4) is 0 Å². The Morgan fingerprint density at radius 1 is 0.793 bits per heavy atom. The van der Waals surface area contributed by atoms with Crippen LogP contribution in [0.2, 0.25) is 0 Å². The number of likely N-dealkylation sites (tertiary alicyclic amines) is 1. The molecule has 1 aliphatic heterocycles. The van der Waals surface area contributed by atoms with Crippen molar-refractivity contribution < 1.29 is 10.2 Å². The molecule has 3 aromatic carbocycles. The zero-order valence-corrected chi connectivity index (χ0v) is 17.6. The Morgan fingerprint density at radius 2 is 1.52 bits per heavy atom. The number of nitrogens with zero attached hydrogens (tertiary/aromatic N) is 1. The fourth-order valence-corrected chi connectivity index (χ4v) is 5.18. The van der Waals surface area contributed by atoms with Crippen LogP contribution in [0.15, 0.2) is 72.8 Å². The van der Waals surface area contributed by atoms with Gasteiger partial charge < -0.3 is 10.2 Å². The van der Waals surface area contributed by atoms with Crippen LogP contribution in [0.5, 0.6) is 5.75 Å². The largest absolute Gasteiger partial charge is 0.507 e. The quantitative estimate of drug-likeness (QED) is 0.607. The second-order valence-electron chi connectivity index (χ2n) is 7.71. The number of hydrogen-bond donors (Lipinski definition) is 2. The number of aliphatic hydroxyl groups excluding tert-OH is 1. The van der Waals surface area contributed by atoms with E-state index in [1.165, 1.54) is 43.2 Å². The van der Waals surface area contributed by atoms with Crippen LogP contribution in [0, 0.1) is 0 Å². The molecule has 0 aromatic heterocycles. The Hall–Kier alpha value is -2.19. The molecule has 1 fully saturated rings. The van der Waals surface area contributed by atoms with E-state index in [1.807, 2.05) is 36.4 Å². The first-order valence-electron chi connectivity index (χ1n) is 10.3. The van der Waals surface area contributed by atoms with Crippen LogP contribution in [0.1, 0.15) is 42.1 Å². The minimum atomic E-state index is -0.691. The lowest BCUT2D eigenvalue weighted by atomic mass is 10.0. The van der Waals surface area contributed by atoms with Crippen molar-refractivity contribution in [3.63, 3.8) is 0 Å². The maximum atomic E-state index is 10.8. The number of hydrogen-bond acceptors (Lipinski definition) is 3. The summed E-state index contributed by atoms with van der Waals surface area (Å²) in [7, 11) is 0.354. The summed E-state index contributed by atoms with van der Waals surface area (Å²) in [5.41, 5.74) is 3.00. The molecule has 1 aliphatic rings. The van der Waals surface area contributed by atoms with E-state index < -0.39 is 6.10 Å². The molecule has 4 rings (SSSR count). The first kappa shape index (κ1) is 20.1. The fraction of sp³-hybridized carbons (Fsp3) is 0.280. The summed E-state index contributed by atoms with van der Waals surface area (Å²) in [5, 5.41) is 23.4. The second kappa shape index (κ2) is 9.54. The molecule has 0 saturated carbocycles. The maximum absolute atomic E-state index is 10.8. The molecule has 2 N–H and O–H groups in total. The van der Waals surface area contributed by atoms with Crippen LogP contribution in [-0.4, -0.2) is 28.2 Å². The van der Waals surface area contributed by atoms with Crippen molar-refractivity contribution in [2.45, 2.75) is 31.9 Å². The van der Waals surface area contributed by atoms with Crippen LogP contribution in [0.4, 0.5) is 0 Å². The molecule has 0 amide bonds. The molecular weight excluding hydrogens is 377 g/mol. The zero-order valence-electron chi connectivity index (χ0n) is 16.6. The van der Waals surface area contributed by atoms with Gasteiger partial charge in [0.1, 0.15) is 11.9 Å². The predicted octanol–water partition coefficient (Wildman–Crippen LogP) is 4.09. The second-order valence-corrected chi connectivity index (χ2v) is 9.04. The number of rotatable bonds is 6. The number of benzene rings is 3. The lowest BCUT2D eigenvalue weighted by Crippen LogP contribution is -2.30. The van der Waals surface area contributed by atoms with Crippen LogP contribution >= 0.6 is 8.58 Å². The summed E-state index contributed by atoms with van der Waals surface area (Å²) >= 11 is 0. The third kappa shape index (κ3) is 5.05. The van der Waals surface area contributed by atoms with E-state index in [-0.39, 0.29) is 0 Å². The average Bonchev–Trinajstić information content (AvgIpc) is 2.77. The monoisotopic (exact) mass is 405 g/mol. The maximum Gasteiger partial charge on any atom is 0.123 e. The summed E-state index contributed by atoms with van der Waals surface area (Å²) in [6.07, 6.45) is 3.21. The molecule has 1 saturated heterocycles. The van der Waals surface area contributed by atoms with E-state index in [2.05, 4.69) is 29.2 Å². The molecule has 0 bridgehead atoms. The average molecular weight is 405 g/mol. The Bertz CT molecular complexity index is 939. The van der Waals surface area contributed by atoms with Crippen molar-refractivity contribution in [1.29, 1.82) is 0 Å². The number of phenolic OH excluding ortho intramolecular Hbond substituents is 1. The minimum Gasteiger partial charge on any atom is -0.507 e. The molecule has 3 aromatic rings. The molecular formula is C25H28NO2P. The molecule has 4 heteroatoms. The lowest BCUT2D eigenvalue weighted by molar-refractivity contribution is 0.220. The minimum absolute atomic E-state index is 0.292. The van der Waals surface area contributed by atoms with Gasteiger partial charge in [-0.25, -0.2) is 0 Å². The highest BCUT2D eigenvalue weighted by Gasteiger charge is 2.16. The van der Waals surface area contributed by atoms with Crippen LogP contribution in [-0.2, 0) is 6.54 Å². The Morgan fingerprint density at radius 3 is 2.31 bits per heavy atom. The molecule has 0 radical (unpaired) electrons. The van der Waals surface area contributed by atoms with Crippen molar-refractivity contribution in [3.8, 4) is 5.75 Å². The predicted molar refractivity (Wildman–Crippen MR) is 122 cm³/mol. The first-order valence-corrected chi connectivity index (χ1v) is 11.3. The highest BCUT2D eigenvalue weighted by molar-refractivity contribution is 7.55. The van der Waals surface area contributed by atoms with Gasteiger partial charge in [-0.2, -0.15) is 0 Å². The molecule has 1 heterocycles. The molecule has 29 heavy (non-hydrogen) atoms. The summed E-state index contributed by atoms with van der Waals surface area (Å²) in [6.45, 7) is 3.30. The zero-order chi connectivity index (χ0) is 20.1. The van der Waals surface area contributed by atoms with Crippen molar-refractivity contribution in [1.82, 2.24) is 4.90 Å². The van der Waals surface area contributed by atoms with Crippen LogP contribution in [0.25, 0.3) is 0 Å². The number of piperidine rings is 1. The van der Waals surface area contributed by atoms with Gasteiger partial charge >= 0.3 is 0 Å². The summed E-state index contributed by atoms with van der Waals surface area (Å²) in [5.74, 6) is 0.292. The van der Waals surface area contributed by atoms with E-state index in [4.69, 9.17) is 0 Å². The summed E-state index contributed by atoms with van der Waals surface area (Å²) in [6, 6.07) is 23.6. The Balaban J connectivity index is 1.56. The van der Waals surface area contributed by atoms with Crippen molar-refractivity contribution in [2.24, 2.45) is 0 Å². The molecule has 2 unspecified atom stereocenters. The van der Waals surface area contributed by atoms with E-state index in [9.17, 15) is 10.2 Å². The number of aliphatic hydroxyl groups is 1. The van der Waals surface area contributed by atoms with E-state index in [0.717, 1.165) is 23.0 Å². The Labute approximate surface area is 174 Å². The van der Waals surface area contributed by atoms with Gasteiger partial charge in [0.15, 0.2) is 0 Å². The summed E-state index contributed by atoms with van der Waals surface area (Å²) < 4.78 is 0. The number of phenols is 1. The van der Waals surface area contributed by atoms with Gasteiger partial charge in [0.25, 0.3) is 0 Å². The third-order valence-electron chi connectivity index (χ3n) is 5.58. The molecule has 0 aliphatic carbocycles. The Kier molecular flexibility index (Phi) is 6.61. The highest BCUT2D eigenvalue weighted by Crippen LogP contribution is 2.27. The molecule has 150 valence electrons. The smallest absolute Gasteiger partial charge is 0.123 e. The molecule has 2 atom stereocenters. The van der Waals surface area contributed by atoms with Crippen molar-refractivity contribution >= 4 is 19.2 Å². The number of aromatic hydroxyl groups is 1. The van der Waals surface area contributed by atoms with Gasteiger partial charge in [-0.3, -0.25) is 4.90 Å². The topological polar surface area (TPSA) is 43.7 Å². The van der Waals surface area contributed by atoms with Crippen molar-refractivity contribution in [2.75, 3.05) is 13.1 Å². The van der Waals surface area contributed by atoms with Gasteiger partial charge in [-0.15, -0.1) is 0 Å². The first-order chi connectivity index (χ1) is 14.2. The summed E-state index contributed by atoms with van der Waals surface area (Å²) in [4.78, 5) is 2.53. The SMILES string of the molecule is Oc1ccc(C(O)c2ccccc2)cc1Pc1ccccc1CN1CCCCC1. The van der Waals surface area contributed by atoms with Crippen molar-refractivity contribution in [3.05, 3.63) is 89.5 Å². The van der Waals surface area contributed by atoms with E-state index >= 15 is 0 Å². The van der Waals surface area contributed by atoms with Crippen LogP contribution < -0.4 is 10.6 Å². The van der Waals surface area contributed by atoms with Gasteiger partial charge in [0.2, 0.25) is 0 Å². The third-order valence-corrected chi connectivity index (χ3v) is 7.01. The van der Waals surface area contributed by atoms with Gasteiger partial charge in [0.05, 0.1) is 0 Å². The normalized spacial score (nSPS) is 16.3. The van der Waals surface area contributed by atoms with Gasteiger partial charge in [0, 0.05) is 11.8 Å². The fourth-order valence-electron chi connectivity index (χ4n) is 3.94. The van der Waals surface area contributed by atoms with Gasteiger partial charge in [-0.1, -0.05) is 75.7 Å².